The molecular weight excluding hydrogens is 416 g/mol. The summed E-state index contributed by atoms with van der Waals surface area (Å²) in [6.07, 6.45) is 2.89. The van der Waals surface area contributed by atoms with Gasteiger partial charge in [-0.15, -0.1) is 0 Å². The van der Waals surface area contributed by atoms with Gasteiger partial charge in [0.2, 0.25) is 0 Å². The summed E-state index contributed by atoms with van der Waals surface area (Å²) in [5, 5.41) is 0.634. The Hall–Kier alpha value is -4.12. The maximum Gasteiger partial charge on any atom is 0.192 e. The van der Waals surface area contributed by atoms with E-state index in [0.717, 1.165) is 29.1 Å². The van der Waals surface area contributed by atoms with Crippen LogP contribution in [0.2, 0.25) is 0 Å². The Kier molecular flexibility index (Phi) is 7.00. The lowest BCUT2D eigenvalue weighted by Crippen LogP contribution is -2.14. The molecule has 5 nitrogen and oxygen atoms in total. The van der Waals surface area contributed by atoms with Gasteiger partial charge in [-0.2, -0.15) is 0 Å². The van der Waals surface area contributed by atoms with Gasteiger partial charge in [0.15, 0.2) is 11.2 Å². The number of para-hydroxylation sites is 3. The summed E-state index contributed by atoms with van der Waals surface area (Å²) in [6.45, 7) is 5.09. The molecular formula is C28H24O5. The van der Waals surface area contributed by atoms with Gasteiger partial charge in [0.05, 0.1) is 23.8 Å². The summed E-state index contributed by atoms with van der Waals surface area (Å²) in [6, 6.07) is 24.1. The van der Waals surface area contributed by atoms with Gasteiger partial charge in [-0.05, 0) is 41.5 Å². The minimum absolute atomic E-state index is 0.00634. The molecule has 0 atom stereocenters. The van der Waals surface area contributed by atoms with E-state index in [4.69, 9.17) is 13.9 Å². The molecule has 6 rings (SSSR count). The van der Waals surface area contributed by atoms with Gasteiger partial charge >= 0.3 is 0 Å². The van der Waals surface area contributed by atoms with Crippen molar-refractivity contribution in [3.8, 4) is 11.5 Å². The molecule has 2 aliphatic heterocycles. The Morgan fingerprint density at radius 3 is 2.30 bits per heavy atom. The molecule has 5 heteroatoms. The van der Waals surface area contributed by atoms with Crippen LogP contribution in [0, 0.1) is 0 Å². The molecule has 4 aromatic rings. The van der Waals surface area contributed by atoms with Gasteiger partial charge in [-0.1, -0.05) is 49.0 Å². The third-order valence-electron chi connectivity index (χ3n) is 5.19. The number of fused-ring (bicyclic) bond motifs is 3. The molecule has 0 N–H and O–H groups in total. The van der Waals surface area contributed by atoms with E-state index in [0.29, 0.717) is 30.6 Å². The van der Waals surface area contributed by atoms with Crippen molar-refractivity contribution in [2.45, 2.75) is 12.8 Å². The Morgan fingerprint density at radius 1 is 0.758 bits per heavy atom. The number of ketones is 1. The van der Waals surface area contributed by atoms with E-state index in [2.05, 4.69) is 12.6 Å². The van der Waals surface area contributed by atoms with E-state index in [-0.39, 0.29) is 11.2 Å². The quantitative estimate of drug-likeness (QED) is 0.332. The largest absolute Gasteiger partial charge is 0.492 e. The van der Waals surface area contributed by atoms with Crippen LogP contribution in [0.25, 0.3) is 11.0 Å². The van der Waals surface area contributed by atoms with Crippen molar-refractivity contribution in [1.29, 1.82) is 0 Å². The fraction of sp³-hybridized carbons (Fsp3) is 0.143. The van der Waals surface area contributed by atoms with Crippen LogP contribution in [0.15, 0.2) is 106 Å². The Balaban J connectivity index is 0.000000118. The predicted molar refractivity (Wildman–Crippen MR) is 128 cm³/mol. The number of hydrogen-bond donors (Lipinski definition) is 0. The first kappa shape index (κ1) is 22.1. The molecule has 166 valence electrons. The minimum atomic E-state index is 0.00634. The van der Waals surface area contributed by atoms with E-state index in [1.807, 2.05) is 48.5 Å². The third-order valence-corrected chi connectivity index (χ3v) is 5.19. The number of Topliss-reactive ketones (excluding diaryl/α,β-unsaturated/α-hetero) is 1. The Morgan fingerprint density at radius 2 is 1.48 bits per heavy atom. The van der Waals surface area contributed by atoms with Crippen molar-refractivity contribution >= 4 is 16.8 Å². The lowest BCUT2D eigenvalue weighted by molar-refractivity contribution is 0.0933. The van der Waals surface area contributed by atoms with Crippen molar-refractivity contribution in [3.05, 3.63) is 119 Å². The topological polar surface area (TPSA) is 65.7 Å². The highest BCUT2D eigenvalue weighted by Crippen LogP contribution is 2.25. The highest BCUT2D eigenvalue weighted by atomic mass is 16.5. The van der Waals surface area contributed by atoms with Gasteiger partial charge in [0.25, 0.3) is 0 Å². The van der Waals surface area contributed by atoms with Crippen molar-refractivity contribution in [2.24, 2.45) is 0 Å². The summed E-state index contributed by atoms with van der Waals surface area (Å²) < 4.78 is 15.8. The average molecular weight is 440 g/mol. The first-order chi connectivity index (χ1) is 16.1. The molecule has 0 fully saturated rings. The first-order valence-corrected chi connectivity index (χ1v) is 10.7. The number of carbonyl (C=O) groups is 1. The van der Waals surface area contributed by atoms with Gasteiger partial charge in [-0.25, -0.2) is 0 Å². The van der Waals surface area contributed by atoms with Crippen LogP contribution in [-0.4, -0.2) is 19.0 Å². The van der Waals surface area contributed by atoms with E-state index in [1.165, 1.54) is 17.9 Å². The van der Waals surface area contributed by atoms with E-state index >= 15 is 0 Å². The van der Waals surface area contributed by atoms with Crippen LogP contribution < -0.4 is 14.9 Å². The summed E-state index contributed by atoms with van der Waals surface area (Å²) >= 11 is 0. The summed E-state index contributed by atoms with van der Waals surface area (Å²) in [7, 11) is 0. The Labute approximate surface area is 191 Å². The minimum Gasteiger partial charge on any atom is -0.492 e. The lowest BCUT2D eigenvalue weighted by atomic mass is 10.0. The zero-order valence-corrected chi connectivity index (χ0v) is 18.2. The SMILES string of the molecule is C=C1COc2ccccc2C1.O=C1CCOc2ccccc21.O=c1ccoc2ccccc12. The Bertz CT molecular complexity index is 1330. The van der Waals surface area contributed by atoms with Crippen LogP contribution in [-0.2, 0) is 6.42 Å². The van der Waals surface area contributed by atoms with Crippen LogP contribution in [0.5, 0.6) is 11.5 Å². The standard InChI is InChI=1S/C10H10O.C9H8O2.C9H6O2/c1-8-6-9-4-2-3-5-10(9)11-7-8;2*10-8-5-6-11-9-4-2-1-3-7(8)9/h2-5H,1,6-7H2;1-4H,5-6H2;1-6H. The summed E-state index contributed by atoms with van der Waals surface area (Å²) in [4.78, 5) is 22.3. The smallest absolute Gasteiger partial charge is 0.192 e. The fourth-order valence-corrected chi connectivity index (χ4v) is 3.53. The third kappa shape index (κ3) is 5.57. The fourth-order valence-electron chi connectivity index (χ4n) is 3.53. The molecule has 3 heterocycles. The van der Waals surface area contributed by atoms with E-state index in [1.54, 1.807) is 18.2 Å². The summed E-state index contributed by atoms with van der Waals surface area (Å²) in [5.41, 5.74) is 3.78. The normalized spacial score (nSPS) is 13.7. The maximum atomic E-state index is 11.2. The zero-order chi connectivity index (χ0) is 23.0. The highest BCUT2D eigenvalue weighted by molar-refractivity contribution is 5.99. The highest BCUT2D eigenvalue weighted by Gasteiger charge is 2.16. The molecule has 0 radical (unpaired) electrons. The molecule has 3 aromatic carbocycles. The van der Waals surface area contributed by atoms with E-state index in [9.17, 15) is 9.59 Å². The van der Waals surface area contributed by atoms with Gasteiger partial charge in [-0.3, -0.25) is 9.59 Å². The lowest BCUT2D eigenvalue weighted by Gasteiger charge is -2.18. The summed E-state index contributed by atoms with van der Waals surface area (Å²) in [5.74, 6) is 1.93. The van der Waals surface area contributed by atoms with Crippen molar-refractivity contribution in [1.82, 2.24) is 0 Å². The van der Waals surface area contributed by atoms with E-state index < -0.39 is 0 Å². The number of rotatable bonds is 0. The second-order valence-electron chi connectivity index (χ2n) is 7.62. The molecule has 33 heavy (non-hydrogen) atoms. The number of benzene rings is 3. The van der Waals surface area contributed by atoms with Gasteiger partial charge in [0, 0.05) is 18.9 Å². The van der Waals surface area contributed by atoms with Crippen LogP contribution in [0.4, 0.5) is 0 Å². The number of carbonyl (C=O) groups excluding carboxylic acids is 1. The zero-order valence-electron chi connectivity index (χ0n) is 18.2. The molecule has 0 saturated carbocycles. The molecule has 0 amide bonds. The molecule has 0 bridgehead atoms. The molecule has 0 saturated heterocycles. The van der Waals surface area contributed by atoms with Crippen molar-refractivity contribution in [3.63, 3.8) is 0 Å². The number of hydrogen-bond acceptors (Lipinski definition) is 5. The second-order valence-corrected chi connectivity index (χ2v) is 7.62. The van der Waals surface area contributed by atoms with Crippen molar-refractivity contribution < 1.29 is 18.7 Å². The molecule has 0 unspecified atom stereocenters. The van der Waals surface area contributed by atoms with Crippen LogP contribution in [0.1, 0.15) is 22.3 Å². The van der Waals surface area contributed by atoms with Crippen LogP contribution >= 0.6 is 0 Å². The maximum absolute atomic E-state index is 11.2. The predicted octanol–water partition coefficient (Wildman–Crippen LogP) is 5.62. The second kappa shape index (κ2) is 10.5. The first-order valence-electron chi connectivity index (χ1n) is 10.7. The molecule has 2 aliphatic rings. The molecule has 0 aliphatic carbocycles. The van der Waals surface area contributed by atoms with Gasteiger partial charge < -0.3 is 13.9 Å². The van der Waals surface area contributed by atoms with Crippen LogP contribution in [0.3, 0.4) is 0 Å². The molecule has 1 aromatic heterocycles. The molecule has 0 spiro atoms. The van der Waals surface area contributed by atoms with Gasteiger partial charge in [0.1, 0.15) is 23.7 Å². The van der Waals surface area contributed by atoms with Crippen molar-refractivity contribution in [2.75, 3.05) is 13.2 Å². The average Bonchev–Trinajstić information content (AvgIpc) is 2.86. The number of ether oxygens (including phenoxy) is 2. The monoisotopic (exact) mass is 440 g/mol.